The summed E-state index contributed by atoms with van der Waals surface area (Å²) in [4.78, 5) is 33.3. The summed E-state index contributed by atoms with van der Waals surface area (Å²) in [7, 11) is 3.33. The van der Waals surface area contributed by atoms with Gasteiger partial charge >= 0.3 is 12.0 Å². The Balaban J connectivity index is 1.43. The van der Waals surface area contributed by atoms with Crippen molar-refractivity contribution < 1.29 is 14.3 Å². The van der Waals surface area contributed by atoms with Gasteiger partial charge in [0, 0.05) is 33.2 Å². The minimum atomic E-state index is -0.479. The molecule has 0 unspecified atom stereocenters. The van der Waals surface area contributed by atoms with Gasteiger partial charge in [-0.3, -0.25) is 0 Å². The fraction of sp³-hybridized carbons (Fsp3) is 0.286. The van der Waals surface area contributed by atoms with Gasteiger partial charge < -0.3 is 24.4 Å². The summed E-state index contributed by atoms with van der Waals surface area (Å²) >= 11 is 0. The molecule has 0 radical (unpaired) electrons. The van der Waals surface area contributed by atoms with E-state index in [-0.39, 0.29) is 6.03 Å². The first-order chi connectivity index (χ1) is 14.1. The lowest BCUT2D eigenvalue weighted by Crippen LogP contribution is -2.50. The Hall–Kier alpha value is -3.55. The smallest absolute Gasteiger partial charge is 0.339 e. The molecule has 0 saturated carbocycles. The van der Waals surface area contributed by atoms with Gasteiger partial charge in [0.2, 0.25) is 5.95 Å². The normalized spacial score (nSPS) is 14.1. The molecule has 3 aromatic rings. The van der Waals surface area contributed by atoms with E-state index >= 15 is 0 Å². The summed E-state index contributed by atoms with van der Waals surface area (Å²) in [6, 6.07) is 14.6. The number of aromatic nitrogens is 2. The van der Waals surface area contributed by atoms with Crippen LogP contribution in [0.1, 0.15) is 10.4 Å². The van der Waals surface area contributed by atoms with Gasteiger partial charge in [0.15, 0.2) is 0 Å². The van der Waals surface area contributed by atoms with Gasteiger partial charge in [0.05, 0.1) is 29.4 Å². The second-order valence-corrected chi connectivity index (χ2v) is 6.90. The molecule has 0 aliphatic carbocycles. The predicted molar refractivity (Wildman–Crippen MR) is 111 cm³/mol. The Kier molecular flexibility index (Phi) is 5.07. The average molecular weight is 393 g/mol. The fourth-order valence-corrected chi connectivity index (χ4v) is 3.60. The fourth-order valence-electron chi connectivity index (χ4n) is 3.60. The Morgan fingerprint density at radius 1 is 1.00 bits per heavy atom. The van der Waals surface area contributed by atoms with Gasteiger partial charge in [-0.05, 0) is 24.3 Å². The largest absolute Gasteiger partial charge is 0.465 e. The molecule has 29 heavy (non-hydrogen) atoms. The van der Waals surface area contributed by atoms with Gasteiger partial charge in [0.25, 0.3) is 0 Å². The number of amides is 2. The number of benzene rings is 2. The second kappa shape index (κ2) is 7.83. The monoisotopic (exact) mass is 393 g/mol. The highest BCUT2D eigenvalue weighted by Gasteiger charge is 2.25. The summed E-state index contributed by atoms with van der Waals surface area (Å²) in [6.07, 6.45) is 0. The molecule has 2 heterocycles. The van der Waals surface area contributed by atoms with E-state index in [1.54, 1.807) is 29.2 Å². The van der Waals surface area contributed by atoms with E-state index in [0.717, 1.165) is 17.0 Å². The Morgan fingerprint density at radius 3 is 2.41 bits per heavy atom. The van der Waals surface area contributed by atoms with Crippen LogP contribution in [0.2, 0.25) is 0 Å². The molecule has 8 heteroatoms. The van der Waals surface area contributed by atoms with Crippen LogP contribution in [0, 0.1) is 0 Å². The number of hydrogen-bond donors (Lipinski definition) is 1. The number of carbonyl (C=O) groups is 2. The van der Waals surface area contributed by atoms with Crippen LogP contribution in [0.25, 0.3) is 11.0 Å². The summed E-state index contributed by atoms with van der Waals surface area (Å²) in [5, 5.41) is 2.83. The van der Waals surface area contributed by atoms with E-state index in [1.165, 1.54) is 7.11 Å². The molecule has 0 bridgehead atoms. The quantitative estimate of drug-likeness (QED) is 0.692. The maximum Gasteiger partial charge on any atom is 0.339 e. The average Bonchev–Trinajstić information content (AvgIpc) is 3.10. The van der Waals surface area contributed by atoms with Crippen molar-refractivity contribution in [1.29, 1.82) is 0 Å². The van der Waals surface area contributed by atoms with Crippen LogP contribution in [-0.4, -0.2) is 59.7 Å². The number of rotatable bonds is 3. The lowest BCUT2D eigenvalue weighted by molar-refractivity contribution is 0.0602. The third-order valence-electron chi connectivity index (χ3n) is 5.19. The minimum absolute atomic E-state index is 0.231. The molecular formula is C21H23N5O3. The number of aryl methyl sites for hydroxylation is 1. The van der Waals surface area contributed by atoms with Crippen molar-refractivity contribution in [3.63, 3.8) is 0 Å². The highest BCUT2D eigenvalue weighted by atomic mass is 16.5. The van der Waals surface area contributed by atoms with Crippen molar-refractivity contribution in [3.05, 3.63) is 54.1 Å². The third-order valence-corrected chi connectivity index (χ3v) is 5.19. The molecule has 1 saturated heterocycles. The number of hydrogen-bond acceptors (Lipinski definition) is 5. The lowest BCUT2D eigenvalue weighted by atomic mass is 10.2. The lowest BCUT2D eigenvalue weighted by Gasteiger charge is -2.35. The van der Waals surface area contributed by atoms with Gasteiger partial charge in [0.1, 0.15) is 0 Å². The van der Waals surface area contributed by atoms with Crippen LogP contribution in [0.5, 0.6) is 0 Å². The van der Waals surface area contributed by atoms with Crippen LogP contribution < -0.4 is 10.2 Å². The van der Waals surface area contributed by atoms with Crippen LogP contribution in [0.15, 0.2) is 48.5 Å². The Morgan fingerprint density at radius 2 is 1.69 bits per heavy atom. The second-order valence-electron chi connectivity index (χ2n) is 6.90. The van der Waals surface area contributed by atoms with Crippen molar-refractivity contribution in [3.8, 4) is 0 Å². The first kappa shape index (κ1) is 18.8. The first-order valence-electron chi connectivity index (χ1n) is 9.48. The first-order valence-corrected chi connectivity index (χ1v) is 9.48. The number of para-hydroxylation sites is 3. The Labute approximate surface area is 168 Å². The van der Waals surface area contributed by atoms with Crippen molar-refractivity contribution >= 4 is 34.7 Å². The van der Waals surface area contributed by atoms with E-state index in [9.17, 15) is 9.59 Å². The molecule has 4 rings (SSSR count). The molecular weight excluding hydrogens is 370 g/mol. The number of nitrogens with one attached hydrogen (secondary N) is 1. The number of ether oxygens (including phenoxy) is 1. The van der Waals surface area contributed by atoms with E-state index < -0.39 is 5.97 Å². The Bertz CT molecular complexity index is 1050. The number of esters is 1. The SMILES string of the molecule is COC(=O)c1ccccc1NC(=O)N1CCN(c2nc3ccccc3n2C)CC1. The van der Waals surface area contributed by atoms with Crippen molar-refractivity contribution in [2.45, 2.75) is 0 Å². The number of urea groups is 1. The van der Waals surface area contributed by atoms with Crippen molar-refractivity contribution in [2.24, 2.45) is 7.05 Å². The maximum atomic E-state index is 12.7. The molecule has 1 aliphatic rings. The molecule has 1 aromatic heterocycles. The molecule has 0 spiro atoms. The molecule has 2 amide bonds. The zero-order chi connectivity index (χ0) is 20.4. The third kappa shape index (κ3) is 3.61. The minimum Gasteiger partial charge on any atom is -0.465 e. The van der Waals surface area contributed by atoms with Crippen LogP contribution in [-0.2, 0) is 11.8 Å². The number of methoxy groups -OCH3 is 1. The summed E-state index contributed by atoms with van der Waals surface area (Å²) in [5.74, 6) is 0.426. The number of piperazine rings is 1. The molecule has 150 valence electrons. The molecule has 1 N–H and O–H groups in total. The van der Waals surface area contributed by atoms with Crippen molar-refractivity contribution in [1.82, 2.24) is 14.5 Å². The predicted octanol–water partition coefficient (Wildman–Crippen LogP) is 2.71. The molecule has 8 nitrogen and oxygen atoms in total. The molecule has 2 aromatic carbocycles. The number of imidazole rings is 1. The standard InChI is InChI=1S/C21H23N5O3/c1-24-18-10-6-5-9-17(18)22-20(24)25-11-13-26(14-12-25)21(28)23-16-8-4-3-7-15(16)19(27)29-2/h3-10H,11-14H2,1-2H3,(H,23,28). The molecule has 0 atom stereocenters. The number of nitrogens with zero attached hydrogens (tertiary/aromatic N) is 4. The molecule has 1 aliphatic heterocycles. The zero-order valence-corrected chi connectivity index (χ0v) is 16.5. The van der Waals surface area contributed by atoms with Gasteiger partial charge in [-0.25, -0.2) is 14.6 Å². The summed E-state index contributed by atoms with van der Waals surface area (Å²) < 4.78 is 6.86. The zero-order valence-electron chi connectivity index (χ0n) is 16.5. The van der Waals surface area contributed by atoms with E-state index in [0.29, 0.717) is 37.4 Å². The highest BCUT2D eigenvalue weighted by molar-refractivity contribution is 6.00. The topological polar surface area (TPSA) is 79.7 Å². The highest BCUT2D eigenvalue weighted by Crippen LogP contribution is 2.22. The van der Waals surface area contributed by atoms with Crippen LogP contribution in [0.4, 0.5) is 16.4 Å². The van der Waals surface area contributed by atoms with E-state index in [4.69, 9.17) is 9.72 Å². The van der Waals surface area contributed by atoms with Crippen molar-refractivity contribution in [2.75, 3.05) is 43.5 Å². The summed E-state index contributed by atoms with van der Waals surface area (Å²) in [6.45, 7) is 2.50. The number of carbonyl (C=O) groups excluding carboxylic acids is 2. The summed E-state index contributed by atoms with van der Waals surface area (Å²) in [5.41, 5.74) is 2.83. The number of fused-ring (bicyclic) bond motifs is 1. The van der Waals surface area contributed by atoms with E-state index in [1.807, 2.05) is 31.3 Å². The van der Waals surface area contributed by atoms with Crippen LogP contribution >= 0.6 is 0 Å². The van der Waals surface area contributed by atoms with Gasteiger partial charge in [-0.1, -0.05) is 24.3 Å². The van der Waals surface area contributed by atoms with E-state index in [2.05, 4.69) is 14.8 Å². The number of anilines is 2. The van der Waals surface area contributed by atoms with Gasteiger partial charge in [-0.15, -0.1) is 0 Å². The maximum absolute atomic E-state index is 12.7. The van der Waals surface area contributed by atoms with Crippen LogP contribution in [0.3, 0.4) is 0 Å². The van der Waals surface area contributed by atoms with Gasteiger partial charge in [-0.2, -0.15) is 0 Å². The molecule has 1 fully saturated rings.